The van der Waals surface area contributed by atoms with E-state index in [1.54, 1.807) is 12.4 Å². The second-order valence-corrected chi connectivity index (χ2v) is 4.75. The zero-order valence-electron chi connectivity index (χ0n) is 11.6. The third-order valence-corrected chi connectivity index (χ3v) is 2.68. The lowest BCUT2D eigenvalue weighted by Crippen LogP contribution is -2.22. The summed E-state index contributed by atoms with van der Waals surface area (Å²) in [6, 6.07) is 8.28. The number of ether oxygens (including phenoxy) is 1. The summed E-state index contributed by atoms with van der Waals surface area (Å²) in [5.74, 6) is 1.33. The molecule has 0 amide bonds. The molecule has 100 valence electrons. The van der Waals surface area contributed by atoms with Crippen LogP contribution >= 0.6 is 0 Å². The highest BCUT2D eigenvalue weighted by Crippen LogP contribution is 2.22. The molecule has 0 radical (unpaired) electrons. The molecule has 1 heterocycles. The molecule has 0 bridgehead atoms. The largest absolute Gasteiger partial charge is 0.437 e. The molecule has 0 spiro atoms. The first-order valence-electron chi connectivity index (χ1n) is 6.43. The average molecular weight is 257 g/mol. The van der Waals surface area contributed by atoms with Gasteiger partial charge in [0.1, 0.15) is 5.75 Å². The minimum Gasteiger partial charge on any atom is -0.437 e. The summed E-state index contributed by atoms with van der Waals surface area (Å²) in [5, 5.41) is 3.30. The average Bonchev–Trinajstić information content (AvgIpc) is 2.40. The lowest BCUT2D eigenvalue weighted by atomic mass is 10.2. The van der Waals surface area contributed by atoms with Gasteiger partial charge in [-0.15, -0.1) is 0 Å². The van der Waals surface area contributed by atoms with Crippen molar-refractivity contribution in [3.63, 3.8) is 0 Å². The van der Waals surface area contributed by atoms with E-state index in [9.17, 15) is 0 Å². The summed E-state index contributed by atoms with van der Waals surface area (Å²) in [4.78, 5) is 8.59. The quantitative estimate of drug-likeness (QED) is 0.894. The molecule has 2 aromatic rings. The first-order chi connectivity index (χ1) is 9.15. The minimum absolute atomic E-state index is 0.435. The molecule has 19 heavy (non-hydrogen) atoms. The van der Waals surface area contributed by atoms with Gasteiger partial charge in [0.15, 0.2) is 0 Å². The van der Waals surface area contributed by atoms with Gasteiger partial charge in [-0.3, -0.25) is 4.98 Å². The fourth-order valence-electron chi connectivity index (χ4n) is 1.58. The molecular formula is C15H19N3O. The van der Waals surface area contributed by atoms with E-state index < -0.39 is 0 Å². The van der Waals surface area contributed by atoms with Crippen LogP contribution in [0, 0.1) is 6.92 Å². The lowest BCUT2D eigenvalue weighted by molar-refractivity contribution is 0.455. The van der Waals surface area contributed by atoms with Gasteiger partial charge in [-0.2, -0.15) is 0 Å². The SMILES string of the molecule is Cc1ccccc1Oc1cnc(CNC(C)C)cn1. The molecular weight excluding hydrogens is 238 g/mol. The maximum Gasteiger partial charge on any atom is 0.237 e. The van der Waals surface area contributed by atoms with E-state index in [-0.39, 0.29) is 0 Å². The highest BCUT2D eigenvalue weighted by Gasteiger charge is 2.03. The Bertz CT molecular complexity index is 523. The van der Waals surface area contributed by atoms with Gasteiger partial charge in [0.05, 0.1) is 18.1 Å². The van der Waals surface area contributed by atoms with Crippen LogP contribution in [0.1, 0.15) is 25.1 Å². The number of rotatable bonds is 5. The summed E-state index contributed by atoms with van der Waals surface area (Å²) >= 11 is 0. The fourth-order valence-corrected chi connectivity index (χ4v) is 1.58. The van der Waals surface area contributed by atoms with Gasteiger partial charge in [-0.25, -0.2) is 4.98 Å². The zero-order valence-corrected chi connectivity index (χ0v) is 11.6. The first kappa shape index (κ1) is 13.5. The second-order valence-electron chi connectivity index (χ2n) is 4.75. The van der Waals surface area contributed by atoms with Crippen LogP contribution in [0.4, 0.5) is 0 Å². The molecule has 0 atom stereocenters. The predicted molar refractivity (Wildman–Crippen MR) is 75.3 cm³/mol. The standard InChI is InChI=1S/C15H19N3O/c1-11(2)16-8-13-9-18-15(10-17-13)19-14-7-5-4-6-12(14)3/h4-7,9-11,16H,8H2,1-3H3. The fraction of sp³-hybridized carbons (Fsp3) is 0.333. The molecule has 1 aromatic heterocycles. The van der Waals surface area contributed by atoms with Crippen molar-refractivity contribution < 1.29 is 4.74 Å². The van der Waals surface area contributed by atoms with Crippen molar-refractivity contribution in [2.24, 2.45) is 0 Å². The molecule has 0 aliphatic heterocycles. The van der Waals surface area contributed by atoms with Crippen LogP contribution in [0.15, 0.2) is 36.7 Å². The van der Waals surface area contributed by atoms with Crippen molar-refractivity contribution in [1.29, 1.82) is 0 Å². The Balaban J connectivity index is 2.01. The Labute approximate surface area is 113 Å². The number of nitrogens with one attached hydrogen (secondary N) is 1. The van der Waals surface area contributed by atoms with Crippen LogP contribution in [0.3, 0.4) is 0 Å². The smallest absolute Gasteiger partial charge is 0.237 e. The monoisotopic (exact) mass is 257 g/mol. The maximum atomic E-state index is 5.70. The summed E-state index contributed by atoms with van der Waals surface area (Å²) in [6.07, 6.45) is 3.40. The van der Waals surface area contributed by atoms with Crippen molar-refractivity contribution >= 4 is 0 Å². The number of benzene rings is 1. The Morgan fingerprint density at radius 2 is 1.95 bits per heavy atom. The number of aryl methyl sites for hydroxylation is 1. The van der Waals surface area contributed by atoms with Crippen molar-refractivity contribution in [2.45, 2.75) is 33.4 Å². The van der Waals surface area contributed by atoms with E-state index in [1.165, 1.54) is 0 Å². The van der Waals surface area contributed by atoms with Gasteiger partial charge in [-0.1, -0.05) is 32.0 Å². The van der Waals surface area contributed by atoms with Crippen molar-refractivity contribution in [3.8, 4) is 11.6 Å². The Morgan fingerprint density at radius 1 is 1.16 bits per heavy atom. The van der Waals surface area contributed by atoms with Gasteiger partial charge in [0.2, 0.25) is 5.88 Å². The third kappa shape index (κ3) is 4.03. The first-order valence-corrected chi connectivity index (χ1v) is 6.43. The van der Waals surface area contributed by atoms with Crippen LogP contribution in [-0.4, -0.2) is 16.0 Å². The summed E-state index contributed by atoms with van der Waals surface area (Å²) in [7, 11) is 0. The number of nitrogens with zero attached hydrogens (tertiary/aromatic N) is 2. The Morgan fingerprint density at radius 3 is 2.58 bits per heavy atom. The van der Waals surface area contributed by atoms with E-state index in [4.69, 9.17) is 4.74 Å². The molecule has 0 fully saturated rings. The Kier molecular flexibility index (Phi) is 4.47. The number of para-hydroxylation sites is 1. The Hall–Kier alpha value is -1.94. The van der Waals surface area contributed by atoms with Gasteiger partial charge in [0, 0.05) is 12.6 Å². The van der Waals surface area contributed by atoms with E-state index in [2.05, 4.69) is 29.1 Å². The van der Waals surface area contributed by atoms with Gasteiger partial charge < -0.3 is 10.1 Å². The molecule has 0 saturated carbocycles. The zero-order chi connectivity index (χ0) is 13.7. The van der Waals surface area contributed by atoms with Crippen LogP contribution in [0.25, 0.3) is 0 Å². The number of aromatic nitrogens is 2. The van der Waals surface area contributed by atoms with Crippen LogP contribution in [0.2, 0.25) is 0 Å². The van der Waals surface area contributed by atoms with E-state index in [0.29, 0.717) is 11.9 Å². The summed E-state index contributed by atoms with van der Waals surface area (Å²) in [6.45, 7) is 6.92. The molecule has 2 rings (SSSR count). The molecule has 0 aliphatic rings. The highest BCUT2D eigenvalue weighted by molar-refractivity contribution is 5.34. The van der Waals surface area contributed by atoms with Gasteiger partial charge in [-0.05, 0) is 18.6 Å². The highest BCUT2D eigenvalue weighted by atomic mass is 16.5. The van der Waals surface area contributed by atoms with Crippen LogP contribution in [-0.2, 0) is 6.54 Å². The van der Waals surface area contributed by atoms with Crippen molar-refractivity contribution in [1.82, 2.24) is 15.3 Å². The van der Waals surface area contributed by atoms with E-state index in [1.807, 2.05) is 31.2 Å². The van der Waals surface area contributed by atoms with Gasteiger partial charge in [0.25, 0.3) is 0 Å². The van der Waals surface area contributed by atoms with Crippen molar-refractivity contribution in [2.75, 3.05) is 0 Å². The molecule has 0 aliphatic carbocycles. The molecule has 1 N–H and O–H groups in total. The molecule has 4 heteroatoms. The third-order valence-electron chi connectivity index (χ3n) is 2.68. The van der Waals surface area contributed by atoms with Crippen molar-refractivity contribution in [3.05, 3.63) is 47.9 Å². The topological polar surface area (TPSA) is 47.0 Å². The molecule has 4 nitrogen and oxygen atoms in total. The van der Waals surface area contributed by atoms with Gasteiger partial charge >= 0.3 is 0 Å². The number of hydrogen-bond donors (Lipinski definition) is 1. The maximum absolute atomic E-state index is 5.70. The van der Waals surface area contributed by atoms with E-state index >= 15 is 0 Å². The normalized spacial score (nSPS) is 10.7. The molecule has 0 saturated heterocycles. The predicted octanol–water partition coefficient (Wildman–Crippen LogP) is 3.08. The molecule has 1 aromatic carbocycles. The summed E-state index contributed by atoms with van der Waals surface area (Å²) in [5.41, 5.74) is 1.99. The second kappa shape index (κ2) is 6.29. The molecule has 0 unspecified atom stereocenters. The van der Waals surface area contributed by atoms with Crippen LogP contribution < -0.4 is 10.1 Å². The summed E-state index contributed by atoms with van der Waals surface area (Å²) < 4.78 is 5.70. The lowest BCUT2D eigenvalue weighted by Gasteiger charge is -2.09. The van der Waals surface area contributed by atoms with E-state index in [0.717, 1.165) is 23.6 Å². The van der Waals surface area contributed by atoms with Crippen LogP contribution in [0.5, 0.6) is 11.6 Å². The number of hydrogen-bond acceptors (Lipinski definition) is 4. The minimum atomic E-state index is 0.435.